The van der Waals surface area contributed by atoms with Crippen LogP contribution in [-0.4, -0.2) is 29.7 Å². The fraction of sp³-hybridized carbons (Fsp3) is 1.00. The van der Waals surface area contributed by atoms with Crippen molar-refractivity contribution in [1.82, 2.24) is 0 Å². The largest absolute Gasteiger partial charge is 0.390 e. The van der Waals surface area contributed by atoms with Gasteiger partial charge in [0.25, 0.3) is 0 Å². The topological polar surface area (TPSA) is 38.7 Å². The van der Waals surface area contributed by atoms with Crippen LogP contribution >= 0.6 is 0 Å². The predicted molar refractivity (Wildman–Crippen MR) is 48.3 cm³/mol. The van der Waals surface area contributed by atoms with Gasteiger partial charge in [0, 0.05) is 12.8 Å². The SMILES string of the molecule is CCC[C@@H]1OC2(CCCO2)C[C@@H]1O. The summed E-state index contributed by atoms with van der Waals surface area (Å²) in [4.78, 5) is 0. The van der Waals surface area contributed by atoms with Crippen LogP contribution in [0.15, 0.2) is 0 Å². The van der Waals surface area contributed by atoms with Crippen LogP contribution in [0, 0.1) is 0 Å². The molecule has 1 spiro atoms. The molecule has 0 amide bonds. The Morgan fingerprint density at radius 3 is 3.00 bits per heavy atom. The third-order valence-corrected chi connectivity index (χ3v) is 2.96. The first kappa shape index (κ1) is 9.44. The summed E-state index contributed by atoms with van der Waals surface area (Å²) in [6.45, 7) is 2.89. The smallest absolute Gasteiger partial charge is 0.171 e. The second kappa shape index (κ2) is 3.56. The van der Waals surface area contributed by atoms with Crippen molar-refractivity contribution in [3.63, 3.8) is 0 Å². The van der Waals surface area contributed by atoms with Crippen molar-refractivity contribution in [3.05, 3.63) is 0 Å². The van der Waals surface area contributed by atoms with Crippen LogP contribution in [0.5, 0.6) is 0 Å². The number of ether oxygens (including phenoxy) is 2. The zero-order valence-corrected chi connectivity index (χ0v) is 8.16. The molecule has 0 aliphatic carbocycles. The fourth-order valence-corrected chi connectivity index (χ4v) is 2.31. The molecule has 0 radical (unpaired) electrons. The molecule has 3 nitrogen and oxygen atoms in total. The van der Waals surface area contributed by atoms with Gasteiger partial charge in [-0.15, -0.1) is 0 Å². The normalized spacial score (nSPS) is 44.8. The Balaban J connectivity index is 1.97. The van der Waals surface area contributed by atoms with Gasteiger partial charge in [-0.1, -0.05) is 13.3 Å². The summed E-state index contributed by atoms with van der Waals surface area (Å²) >= 11 is 0. The maximum Gasteiger partial charge on any atom is 0.171 e. The van der Waals surface area contributed by atoms with Gasteiger partial charge in [-0.25, -0.2) is 0 Å². The van der Waals surface area contributed by atoms with Crippen LogP contribution in [0.1, 0.15) is 39.0 Å². The van der Waals surface area contributed by atoms with Gasteiger partial charge in [-0.05, 0) is 12.8 Å². The number of hydrogen-bond donors (Lipinski definition) is 1. The van der Waals surface area contributed by atoms with Crippen molar-refractivity contribution >= 4 is 0 Å². The monoisotopic (exact) mass is 186 g/mol. The summed E-state index contributed by atoms with van der Waals surface area (Å²) in [5.74, 6) is -0.417. The highest BCUT2D eigenvalue weighted by Gasteiger charge is 2.48. The molecule has 0 aromatic rings. The number of hydrogen-bond acceptors (Lipinski definition) is 3. The molecule has 2 fully saturated rings. The van der Waals surface area contributed by atoms with Gasteiger partial charge in [-0.3, -0.25) is 0 Å². The number of rotatable bonds is 2. The molecule has 76 valence electrons. The minimum absolute atomic E-state index is 0.00287. The molecule has 3 atom stereocenters. The summed E-state index contributed by atoms with van der Waals surface area (Å²) < 4.78 is 11.4. The van der Waals surface area contributed by atoms with E-state index >= 15 is 0 Å². The summed E-state index contributed by atoms with van der Waals surface area (Å²) in [5, 5.41) is 9.74. The van der Waals surface area contributed by atoms with Gasteiger partial charge in [0.05, 0.1) is 18.8 Å². The molecule has 0 saturated carbocycles. The van der Waals surface area contributed by atoms with Crippen molar-refractivity contribution in [1.29, 1.82) is 0 Å². The van der Waals surface area contributed by atoms with Crippen LogP contribution in [0.3, 0.4) is 0 Å². The molecule has 0 aromatic heterocycles. The lowest BCUT2D eigenvalue weighted by molar-refractivity contribution is -0.200. The average Bonchev–Trinajstić information content (AvgIpc) is 2.63. The van der Waals surface area contributed by atoms with Gasteiger partial charge >= 0.3 is 0 Å². The second-order valence-corrected chi connectivity index (χ2v) is 4.08. The highest BCUT2D eigenvalue weighted by molar-refractivity contribution is 4.90. The Morgan fingerprint density at radius 1 is 1.54 bits per heavy atom. The van der Waals surface area contributed by atoms with E-state index in [4.69, 9.17) is 9.47 Å². The molecule has 0 bridgehead atoms. The van der Waals surface area contributed by atoms with E-state index in [9.17, 15) is 5.11 Å². The first-order valence-corrected chi connectivity index (χ1v) is 5.25. The number of aliphatic hydroxyl groups is 1. The van der Waals surface area contributed by atoms with E-state index in [1.54, 1.807) is 0 Å². The minimum Gasteiger partial charge on any atom is -0.390 e. The third kappa shape index (κ3) is 1.73. The van der Waals surface area contributed by atoms with Crippen molar-refractivity contribution in [3.8, 4) is 0 Å². The zero-order valence-electron chi connectivity index (χ0n) is 8.16. The Morgan fingerprint density at radius 2 is 2.38 bits per heavy atom. The minimum atomic E-state index is -0.417. The van der Waals surface area contributed by atoms with E-state index in [1.807, 2.05) is 0 Å². The van der Waals surface area contributed by atoms with Gasteiger partial charge in [0.2, 0.25) is 0 Å². The van der Waals surface area contributed by atoms with Crippen LogP contribution in [-0.2, 0) is 9.47 Å². The molecule has 2 aliphatic rings. The summed E-state index contributed by atoms with van der Waals surface area (Å²) in [7, 11) is 0. The van der Waals surface area contributed by atoms with Crippen molar-refractivity contribution in [2.24, 2.45) is 0 Å². The van der Waals surface area contributed by atoms with E-state index in [-0.39, 0.29) is 12.2 Å². The van der Waals surface area contributed by atoms with E-state index in [0.29, 0.717) is 6.42 Å². The summed E-state index contributed by atoms with van der Waals surface area (Å²) in [6.07, 6.45) is 4.35. The molecule has 2 heterocycles. The standard InChI is InChI=1S/C10H18O3/c1-2-4-9-8(11)7-10(13-9)5-3-6-12-10/h8-9,11H,2-7H2,1H3/t8-,9-,10?/m0/s1. The lowest BCUT2D eigenvalue weighted by Gasteiger charge is -2.22. The molecule has 2 rings (SSSR count). The van der Waals surface area contributed by atoms with E-state index in [2.05, 4.69) is 6.92 Å². The predicted octanol–water partition coefficient (Wildman–Crippen LogP) is 1.44. The fourth-order valence-electron chi connectivity index (χ4n) is 2.31. The second-order valence-electron chi connectivity index (χ2n) is 4.08. The molecule has 2 aliphatic heterocycles. The molecule has 0 aromatic carbocycles. The molecular formula is C10H18O3. The Labute approximate surface area is 79.0 Å². The molecule has 2 saturated heterocycles. The van der Waals surface area contributed by atoms with Gasteiger partial charge in [-0.2, -0.15) is 0 Å². The van der Waals surface area contributed by atoms with Crippen LogP contribution < -0.4 is 0 Å². The van der Waals surface area contributed by atoms with Crippen molar-refractivity contribution in [2.45, 2.75) is 57.0 Å². The van der Waals surface area contributed by atoms with E-state index in [0.717, 1.165) is 32.3 Å². The molecule has 13 heavy (non-hydrogen) atoms. The quantitative estimate of drug-likeness (QED) is 0.709. The van der Waals surface area contributed by atoms with Gasteiger partial charge < -0.3 is 14.6 Å². The lowest BCUT2D eigenvalue weighted by atomic mass is 10.0. The highest BCUT2D eigenvalue weighted by atomic mass is 16.7. The maximum absolute atomic E-state index is 9.74. The van der Waals surface area contributed by atoms with E-state index in [1.165, 1.54) is 0 Å². The molecule has 3 heteroatoms. The molecule has 1 unspecified atom stereocenters. The zero-order chi connectivity index (χ0) is 9.31. The van der Waals surface area contributed by atoms with Crippen LogP contribution in [0.2, 0.25) is 0 Å². The Kier molecular flexibility index (Phi) is 2.58. The summed E-state index contributed by atoms with van der Waals surface area (Å²) in [6, 6.07) is 0. The van der Waals surface area contributed by atoms with Gasteiger partial charge in [0.15, 0.2) is 5.79 Å². The molecule has 1 N–H and O–H groups in total. The van der Waals surface area contributed by atoms with Crippen LogP contribution in [0.4, 0.5) is 0 Å². The maximum atomic E-state index is 9.74. The summed E-state index contributed by atoms with van der Waals surface area (Å²) in [5.41, 5.74) is 0. The Hall–Kier alpha value is -0.120. The Bertz CT molecular complexity index is 175. The first-order valence-electron chi connectivity index (χ1n) is 5.25. The van der Waals surface area contributed by atoms with E-state index < -0.39 is 5.79 Å². The third-order valence-electron chi connectivity index (χ3n) is 2.96. The average molecular weight is 186 g/mol. The van der Waals surface area contributed by atoms with Gasteiger partial charge in [0.1, 0.15) is 0 Å². The highest BCUT2D eigenvalue weighted by Crippen LogP contribution is 2.40. The number of aliphatic hydroxyl groups excluding tert-OH is 1. The lowest BCUT2D eigenvalue weighted by Crippen LogP contribution is -2.27. The van der Waals surface area contributed by atoms with Crippen LogP contribution in [0.25, 0.3) is 0 Å². The van der Waals surface area contributed by atoms with Crippen molar-refractivity contribution < 1.29 is 14.6 Å². The van der Waals surface area contributed by atoms with Crippen molar-refractivity contribution in [2.75, 3.05) is 6.61 Å². The first-order chi connectivity index (χ1) is 6.26. The molecular weight excluding hydrogens is 168 g/mol.